The smallest absolute Gasteiger partial charge is 0.0945 e. The third-order valence-corrected chi connectivity index (χ3v) is 2.46. The van der Waals surface area contributed by atoms with Crippen molar-refractivity contribution in [3.8, 4) is 0 Å². The van der Waals surface area contributed by atoms with Gasteiger partial charge in [0, 0.05) is 29.8 Å². The van der Waals surface area contributed by atoms with Crippen molar-refractivity contribution in [3.63, 3.8) is 0 Å². The maximum Gasteiger partial charge on any atom is 0.0945 e. The largest absolute Gasteiger partial charge is 0.387 e. The summed E-state index contributed by atoms with van der Waals surface area (Å²) in [6, 6.07) is 0. The van der Waals surface area contributed by atoms with Crippen molar-refractivity contribution >= 4 is 0 Å². The Kier molecular flexibility index (Phi) is 3.52. The van der Waals surface area contributed by atoms with Crippen LogP contribution in [0.3, 0.4) is 0 Å². The lowest BCUT2D eigenvalue weighted by atomic mass is 9.87. The van der Waals surface area contributed by atoms with Crippen LogP contribution in [0.1, 0.15) is 45.1 Å². The summed E-state index contributed by atoms with van der Waals surface area (Å²) in [5, 5.41) is 14.1. The van der Waals surface area contributed by atoms with Gasteiger partial charge in [-0.2, -0.15) is 5.10 Å². The van der Waals surface area contributed by atoms with Gasteiger partial charge in [-0.05, 0) is 6.92 Å². The molecule has 1 unspecified atom stereocenters. The van der Waals surface area contributed by atoms with Gasteiger partial charge in [-0.3, -0.25) is 4.68 Å². The van der Waals surface area contributed by atoms with E-state index in [9.17, 15) is 5.11 Å². The molecule has 0 aliphatic heterocycles. The van der Waals surface area contributed by atoms with E-state index in [1.807, 2.05) is 11.6 Å². The van der Waals surface area contributed by atoms with Crippen LogP contribution in [-0.2, 0) is 12.0 Å². The van der Waals surface area contributed by atoms with E-state index in [1.165, 1.54) is 0 Å². The second-order valence-electron chi connectivity index (χ2n) is 4.77. The van der Waals surface area contributed by atoms with Crippen LogP contribution in [-0.4, -0.2) is 21.4 Å². The highest BCUT2D eigenvalue weighted by Gasteiger charge is 2.26. The van der Waals surface area contributed by atoms with Crippen molar-refractivity contribution in [1.82, 2.24) is 9.78 Å². The minimum Gasteiger partial charge on any atom is -0.387 e. The Hall–Kier alpha value is -0.870. The van der Waals surface area contributed by atoms with Gasteiger partial charge in [0.2, 0.25) is 0 Å². The van der Waals surface area contributed by atoms with Gasteiger partial charge in [0.1, 0.15) is 0 Å². The lowest BCUT2D eigenvalue weighted by Crippen LogP contribution is -2.22. The van der Waals surface area contributed by atoms with Crippen molar-refractivity contribution in [2.75, 3.05) is 6.54 Å². The monoisotopic (exact) mass is 211 g/mol. The Balaban J connectivity index is 3.23. The second kappa shape index (κ2) is 4.33. The molecule has 3 N–H and O–H groups in total. The normalized spacial score (nSPS) is 14.3. The van der Waals surface area contributed by atoms with E-state index in [2.05, 4.69) is 25.9 Å². The zero-order valence-electron chi connectivity index (χ0n) is 9.99. The molecule has 0 spiro atoms. The average Bonchev–Trinajstić information content (AvgIpc) is 2.59. The van der Waals surface area contributed by atoms with Gasteiger partial charge in [-0.25, -0.2) is 0 Å². The van der Waals surface area contributed by atoms with Gasteiger partial charge in [0.15, 0.2) is 0 Å². The molecule has 0 aliphatic rings. The summed E-state index contributed by atoms with van der Waals surface area (Å²) in [4.78, 5) is 0. The number of nitrogens with two attached hydrogens (primary N) is 1. The summed E-state index contributed by atoms with van der Waals surface area (Å²) >= 11 is 0. The molecule has 0 saturated carbocycles. The number of aromatic nitrogens is 2. The van der Waals surface area contributed by atoms with Crippen molar-refractivity contribution in [1.29, 1.82) is 0 Å². The average molecular weight is 211 g/mol. The van der Waals surface area contributed by atoms with E-state index in [1.54, 1.807) is 6.20 Å². The van der Waals surface area contributed by atoms with Crippen LogP contribution in [0.25, 0.3) is 0 Å². The number of hydrogen-bond donors (Lipinski definition) is 2. The molecular weight excluding hydrogens is 190 g/mol. The van der Waals surface area contributed by atoms with Gasteiger partial charge in [-0.15, -0.1) is 0 Å². The van der Waals surface area contributed by atoms with Gasteiger partial charge in [-0.1, -0.05) is 20.8 Å². The maximum atomic E-state index is 9.80. The molecular formula is C11H21N3O. The predicted molar refractivity (Wildman–Crippen MR) is 60.6 cm³/mol. The summed E-state index contributed by atoms with van der Waals surface area (Å²) < 4.78 is 1.92. The number of aliphatic hydroxyl groups excluding tert-OH is 1. The minimum atomic E-state index is -0.612. The Morgan fingerprint density at radius 1 is 1.53 bits per heavy atom. The Bertz CT molecular complexity index is 325. The molecule has 1 aromatic rings. The second-order valence-corrected chi connectivity index (χ2v) is 4.77. The van der Waals surface area contributed by atoms with E-state index in [-0.39, 0.29) is 12.0 Å². The lowest BCUT2D eigenvalue weighted by molar-refractivity contribution is 0.183. The molecule has 0 saturated heterocycles. The number of aryl methyl sites for hydroxylation is 1. The van der Waals surface area contributed by atoms with Crippen LogP contribution < -0.4 is 5.73 Å². The molecule has 1 rings (SSSR count). The van der Waals surface area contributed by atoms with Crippen LogP contribution in [0.4, 0.5) is 0 Å². The Labute approximate surface area is 91.1 Å². The molecule has 4 heteroatoms. The first kappa shape index (κ1) is 12.2. The van der Waals surface area contributed by atoms with Crippen LogP contribution in [0.5, 0.6) is 0 Å². The van der Waals surface area contributed by atoms with Crippen molar-refractivity contribution in [3.05, 3.63) is 17.5 Å². The highest BCUT2D eigenvalue weighted by Crippen LogP contribution is 2.29. The zero-order valence-corrected chi connectivity index (χ0v) is 9.99. The molecule has 0 aromatic carbocycles. The predicted octanol–water partition coefficient (Wildman–Crippen LogP) is 1.19. The van der Waals surface area contributed by atoms with Crippen LogP contribution in [0.2, 0.25) is 0 Å². The minimum absolute atomic E-state index is 0.0298. The SMILES string of the molecule is CCn1ncc(C(O)CN)c1C(C)(C)C. The fourth-order valence-electron chi connectivity index (χ4n) is 1.83. The topological polar surface area (TPSA) is 64.1 Å². The van der Waals surface area contributed by atoms with Gasteiger partial charge >= 0.3 is 0 Å². The van der Waals surface area contributed by atoms with Gasteiger partial charge < -0.3 is 10.8 Å². The van der Waals surface area contributed by atoms with Crippen molar-refractivity contribution < 1.29 is 5.11 Å². The molecule has 15 heavy (non-hydrogen) atoms. The van der Waals surface area contributed by atoms with E-state index in [0.717, 1.165) is 17.8 Å². The fraction of sp³-hybridized carbons (Fsp3) is 0.727. The summed E-state index contributed by atoms with van der Waals surface area (Å²) in [6.07, 6.45) is 1.11. The summed E-state index contributed by atoms with van der Waals surface area (Å²) in [5.41, 5.74) is 7.38. The third-order valence-electron chi connectivity index (χ3n) is 2.46. The number of hydrogen-bond acceptors (Lipinski definition) is 3. The molecule has 1 atom stereocenters. The Morgan fingerprint density at radius 2 is 2.13 bits per heavy atom. The summed E-state index contributed by atoms with van der Waals surface area (Å²) in [7, 11) is 0. The fourth-order valence-corrected chi connectivity index (χ4v) is 1.83. The number of nitrogens with zero attached hydrogens (tertiary/aromatic N) is 2. The molecule has 0 aliphatic carbocycles. The molecule has 86 valence electrons. The standard InChI is InChI=1S/C11H21N3O/c1-5-14-10(11(2,3)4)8(7-13-14)9(15)6-12/h7,9,15H,5-6,12H2,1-4H3. The Morgan fingerprint density at radius 3 is 2.53 bits per heavy atom. The lowest BCUT2D eigenvalue weighted by Gasteiger charge is -2.23. The summed E-state index contributed by atoms with van der Waals surface area (Å²) in [5.74, 6) is 0. The highest BCUT2D eigenvalue weighted by molar-refractivity contribution is 5.27. The molecule has 4 nitrogen and oxygen atoms in total. The molecule has 0 radical (unpaired) electrons. The number of rotatable bonds is 3. The van der Waals surface area contributed by atoms with E-state index in [0.29, 0.717) is 0 Å². The summed E-state index contributed by atoms with van der Waals surface area (Å²) in [6.45, 7) is 9.43. The first-order valence-electron chi connectivity index (χ1n) is 5.36. The molecule has 0 amide bonds. The maximum absolute atomic E-state index is 9.80. The molecule has 0 bridgehead atoms. The van der Waals surface area contributed by atoms with Crippen molar-refractivity contribution in [2.24, 2.45) is 5.73 Å². The molecule has 0 fully saturated rings. The highest BCUT2D eigenvalue weighted by atomic mass is 16.3. The van der Waals surface area contributed by atoms with Gasteiger partial charge in [0.05, 0.1) is 12.3 Å². The van der Waals surface area contributed by atoms with Crippen LogP contribution >= 0.6 is 0 Å². The van der Waals surface area contributed by atoms with E-state index >= 15 is 0 Å². The zero-order chi connectivity index (χ0) is 11.6. The third kappa shape index (κ3) is 2.38. The van der Waals surface area contributed by atoms with Gasteiger partial charge in [0.25, 0.3) is 0 Å². The molecule has 1 aromatic heterocycles. The van der Waals surface area contributed by atoms with E-state index in [4.69, 9.17) is 5.73 Å². The van der Waals surface area contributed by atoms with Crippen molar-refractivity contribution in [2.45, 2.75) is 45.8 Å². The first-order chi connectivity index (χ1) is 6.91. The molecule has 1 heterocycles. The van der Waals surface area contributed by atoms with Crippen LogP contribution in [0.15, 0.2) is 6.20 Å². The quantitative estimate of drug-likeness (QED) is 0.789. The van der Waals surface area contributed by atoms with Crippen LogP contribution in [0, 0.1) is 0 Å². The first-order valence-corrected chi connectivity index (χ1v) is 5.36. The number of aliphatic hydroxyl groups is 1. The van der Waals surface area contributed by atoms with E-state index < -0.39 is 6.10 Å².